The Morgan fingerprint density at radius 1 is 1.18 bits per heavy atom. The van der Waals surface area contributed by atoms with Crippen molar-refractivity contribution in [2.75, 3.05) is 16.8 Å². The Labute approximate surface area is 197 Å². The number of anilines is 2. The van der Waals surface area contributed by atoms with Gasteiger partial charge in [-0.15, -0.1) is 0 Å². The number of amides is 2. The SMILES string of the molecule is C[C@H](OC(=O)CCNS(=O)(=O)c1cccc(Cl)c1)C(=O)N1c2ccccc2NC(=O)C1(C)C. The lowest BCUT2D eigenvalue weighted by atomic mass is 9.95. The lowest BCUT2D eigenvalue weighted by Gasteiger charge is -2.42. The molecule has 2 N–H and O–H groups in total. The van der Waals surface area contributed by atoms with Gasteiger partial charge in [0.2, 0.25) is 15.9 Å². The maximum atomic E-state index is 13.2. The predicted octanol–water partition coefficient (Wildman–Crippen LogP) is 2.70. The van der Waals surface area contributed by atoms with Crippen LogP contribution in [0.4, 0.5) is 11.4 Å². The minimum Gasteiger partial charge on any atom is -0.452 e. The summed E-state index contributed by atoms with van der Waals surface area (Å²) < 4.78 is 32.1. The number of hydrogen-bond donors (Lipinski definition) is 2. The minimum absolute atomic E-state index is 0.0313. The normalized spacial score (nSPS) is 15.9. The first-order chi connectivity index (χ1) is 15.4. The van der Waals surface area contributed by atoms with Crippen molar-refractivity contribution in [3.05, 3.63) is 53.6 Å². The summed E-state index contributed by atoms with van der Waals surface area (Å²) in [4.78, 5) is 39.2. The number of carbonyl (C=O) groups is 3. The molecule has 2 aromatic rings. The average Bonchev–Trinajstić information content (AvgIpc) is 2.74. The van der Waals surface area contributed by atoms with Crippen LogP contribution in [0.1, 0.15) is 27.2 Å². The van der Waals surface area contributed by atoms with E-state index in [-0.39, 0.29) is 28.8 Å². The fraction of sp³-hybridized carbons (Fsp3) is 0.318. The molecule has 1 atom stereocenters. The zero-order valence-corrected chi connectivity index (χ0v) is 19.9. The number of sulfonamides is 1. The molecule has 0 bridgehead atoms. The first kappa shape index (κ1) is 24.7. The third-order valence-electron chi connectivity index (χ3n) is 5.11. The average molecular weight is 494 g/mol. The number of carbonyl (C=O) groups excluding carboxylic acids is 3. The molecule has 0 saturated heterocycles. The van der Waals surface area contributed by atoms with Crippen molar-refractivity contribution >= 4 is 50.8 Å². The van der Waals surface area contributed by atoms with Crippen molar-refractivity contribution in [3.63, 3.8) is 0 Å². The van der Waals surface area contributed by atoms with Crippen LogP contribution in [0.25, 0.3) is 0 Å². The fourth-order valence-corrected chi connectivity index (χ4v) is 4.67. The second kappa shape index (κ2) is 9.50. The van der Waals surface area contributed by atoms with Gasteiger partial charge in [-0.3, -0.25) is 19.3 Å². The summed E-state index contributed by atoms with van der Waals surface area (Å²) in [5.74, 6) is -1.71. The second-order valence-electron chi connectivity index (χ2n) is 7.94. The van der Waals surface area contributed by atoms with E-state index in [1.54, 1.807) is 44.2 Å². The van der Waals surface area contributed by atoms with Crippen LogP contribution in [0.15, 0.2) is 53.4 Å². The largest absolute Gasteiger partial charge is 0.452 e. The first-order valence-electron chi connectivity index (χ1n) is 10.1. The summed E-state index contributed by atoms with van der Waals surface area (Å²) in [5.41, 5.74) is -0.244. The van der Waals surface area contributed by atoms with Crippen molar-refractivity contribution in [2.45, 2.75) is 43.7 Å². The highest BCUT2D eigenvalue weighted by molar-refractivity contribution is 7.89. The van der Waals surface area contributed by atoms with Gasteiger partial charge in [-0.2, -0.15) is 0 Å². The molecule has 0 spiro atoms. The van der Waals surface area contributed by atoms with Gasteiger partial charge in [0, 0.05) is 11.6 Å². The molecule has 0 aromatic heterocycles. The van der Waals surface area contributed by atoms with E-state index in [4.69, 9.17) is 16.3 Å². The molecule has 33 heavy (non-hydrogen) atoms. The molecule has 3 rings (SSSR count). The van der Waals surface area contributed by atoms with Crippen LogP contribution in [0.2, 0.25) is 5.02 Å². The molecule has 0 aliphatic carbocycles. The van der Waals surface area contributed by atoms with Crippen molar-refractivity contribution in [2.24, 2.45) is 0 Å². The monoisotopic (exact) mass is 493 g/mol. The lowest BCUT2D eigenvalue weighted by molar-refractivity contribution is -0.154. The molecular formula is C22H24ClN3O6S. The number of rotatable bonds is 7. The third-order valence-corrected chi connectivity index (χ3v) is 6.81. The third kappa shape index (κ3) is 5.35. The van der Waals surface area contributed by atoms with Crippen molar-refractivity contribution < 1.29 is 27.5 Å². The molecule has 0 unspecified atom stereocenters. The molecule has 2 aromatic carbocycles. The van der Waals surface area contributed by atoms with Crippen molar-refractivity contribution in [1.29, 1.82) is 0 Å². The molecule has 1 heterocycles. The molecule has 0 fully saturated rings. The summed E-state index contributed by atoms with van der Waals surface area (Å²) >= 11 is 5.82. The zero-order chi connectivity index (χ0) is 24.4. The van der Waals surface area contributed by atoms with E-state index >= 15 is 0 Å². The Hall–Kier alpha value is -2.95. The van der Waals surface area contributed by atoms with Gasteiger partial charge in [0.25, 0.3) is 5.91 Å². The van der Waals surface area contributed by atoms with Gasteiger partial charge in [0.1, 0.15) is 5.54 Å². The van der Waals surface area contributed by atoms with E-state index in [1.807, 2.05) is 0 Å². The van der Waals surface area contributed by atoms with Crippen LogP contribution in [0.3, 0.4) is 0 Å². The first-order valence-corrected chi connectivity index (χ1v) is 12.0. The van der Waals surface area contributed by atoms with E-state index in [0.29, 0.717) is 11.4 Å². The van der Waals surface area contributed by atoms with Gasteiger partial charge < -0.3 is 10.1 Å². The molecule has 1 aliphatic rings. The van der Waals surface area contributed by atoms with E-state index in [2.05, 4.69) is 10.0 Å². The van der Waals surface area contributed by atoms with E-state index in [0.717, 1.165) is 0 Å². The highest BCUT2D eigenvalue weighted by atomic mass is 35.5. The van der Waals surface area contributed by atoms with Crippen LogP contribution in [0, 0.1) is 0 Å². The molecule has 1 aliphatic heterocycles. The Balaban J connectivity index is 1.63. The second-order valence-corrected chi connectivity index (χ2v) is 10.1. The number of esters is 1. The summed E-state index contributed by atoms with van der Waals surface area (Å²) in [7, 11) is -3.86. The summed E-state index contributed by atoms with van der Waals surface area (Å²) in [6, 6.07) is 12.5. The molecule has 176 valence electrons. The Morgan fingerprint density at radius 3 is 2.58 bits per heavy atom. The van der Waals surface area contributed by atoms with Gasteiger partial charge in [-0.05, 0) is 51.1 Å². The summed E-state index contributed by atoms with van der Waals surface area (Å²) in [6.07, 6.45) is -1.49. The van der Waals surface area contributed by atoms with E-state index in [1.165, 1.54) is 30.0 Å². The standard InChI is InChI=1S/C22H24ClN3O6S/c1-14(20(28)26-18-10-5-4-9-17(18)25-21(29)22(26,2)3)32-19(27)11-12-24-33(30,31)16-8-6-7-15(23)13-16/h4-10,13-14,24H,11-12H2,1-3H3,(H,25,29)/t14-/m0/s1. The van der Waals surface area contributed by atoms with Crippen molar-refractivity contribution in [3.8, 4) is 0 Å². The number of ether oxygens (including phenoxy) is 1. The molecule has 9 nitrogen and oxygen atoms in total. The number of para-hydroxylation sites is 2. The molecule has 0 radical (unpaired) electrons. The van der Waals surface area contributed by atoms with Gasteiger partial charge in [-0.1, -0.05) is 29.8 Å². The number of nitrogens with zero attached hydrogens (tertiary/aromatic N) is 1. The maximum absolute atomic E-state index is 13.2. The van der Waals surface area contributed by atoms with Crippen LogP contribution < -0.4 is 14.9 Å². The Bertz CT molecular complexity index is 1200. The Kier molecular flexibility index (Phi) is 7.11. The number of hydrogen-bond acceptors (Lipinski definition) is 6. The summed E-state index contributed by atoms with van der Waals surface area (Å²) in [5, 5.41) is 3.02. The molecule has 0 saturated carbocycles. The van der Waals surface area contributed by atoms with Gasteiger partial charge >= 0.3 is 5.97 Å². The lowest BCUT2D eigenvalue weighted by Crippen LogP contribution is -2.60. The van der Waals surface area contributed by atoms with Gasteiger partial charge in [-0.25, -0.2) is 13.1 Å². The summed E-state index contributed by atoms with van der Waals surface area (Å²) in [6.45, 7) is 4.36. The maximum Gasteiger partial charge on any atom is 0.307 e. The minimum atomic E-state index is -3.86. The fourth-order valence-electron chi connectivity index (χ4n) is 3.34. The van der Waals surface area contributed by atoms with Crippen LogP contribution in [-0.4, -0.2) is 44.4 Å². The predicted molar refractivity (Wildman–Crippen MR) is 123 cm³/mol. The number of halogens is 1. The quantitative estimate of drug-likeness (QED) is 0.572. The highest BCUT2D eigenvalue weighted by Gasteiger charge is 2.45. The smallest absolute Gasteiger partial charge is 0.307 e. The molecular weight excluding hydrogens is 470 g/mol. The topological polar surface area (TPSA) is 122 Å². The van der Waals surface area contributed by atoms with Crippen LogP contribution in [-0.2, 0) is 29.1 Å². The van der Waals surface area contributed by atoms with Crippen LogP contribution >= 0.6 is 11.6 Å². The van der Waals surface area contributed by atoms with Crippen molar-refractivity contribution in [1.82, 2.24) is 4.72 Å². The van der Waals surface area contributed by atoms with Gasteiger partial charge in [0.05, 0.1) is 22.7 Å². The number of benzene rings is 2. The van der Waals surface area contributed by atoms with Crippen LogP contribution in [0.5, 0.6) is 0 Å². The zero-order valence-electron chi connectivity index (χ0n) is 18.3. The number of fused-ring (bicyclic) bond motifs is 1. The molecule has 2 amide bonds. The van der Waals surface area contributed by atoms with E-state index < -0.39 is 33.5 Å². The van der Waals surface area contributed by atoms with E-state index in [9.17, 15) is 22.8 Å². The molecule has 11 heteroatoms. The number of nitrogens with one attached hydrogen (secondary N) is 2. The van der Waals surface area contributed by atoms with Gasteiger partial charge in [0.15, 0.2) is 6.10 Å². The Morgan fingerprint density at radius 2 is 1.88 bits per heavy atom. The highest BCUT2D eigenvalue weighted by Crippen LogP contribution is 2.37.